The summed E-state index contributed by atoms with van der Waals surface area (Å²) < 4.78 is 10.5. The predicted molar refractivity (Wildman–Crippen MR) is 98.1 cm³/mol. The number of rotatable bonds is 9. The minimum atomic E-state index is -0.545. The number of hydrogen-bond acceptors (Lipinski definition) is 7. The highest BCUT2D eigenvalue weighted by atomic mass is 32.2. The van der Waals surface area contributed by atoms with Crippen LogP contribution in [-0.4, -0.2) is 48.7 Å². The van der Waals surface area contributed by atoms with Crippen LogP contribution in [0.5, 0.6) is 11.5 Å². The third kappa shape index (κ3) is 5.35. The number of ketones is 1. The molecule has 1 aliphatic heterocycles. The lowest BCUT2D eigenvalue weighted by Crippen LogP contribution is -2.53. The van der Waals surface area contributed by atoms with Crippen molar-refractivity contribution in [2.45, 2.75) is 38.5 Å². The second kappa shape index (κ2) is 9.07. The Kier molecular flexibility index (Phi) is 7.10. The van der Waals surface area contributed by atoms with Crippen LogP contribution in [-0.2, 0) is 4.79 Å². The minimum Gasteiger partial charge on any atom is -0.454 e. The van der Waals surface area contributed by atoms with Gasteiger partial charge in [-0.1, -0.05) is 0 Å². The van der Waals surface area contributed by atoms with E-state index in [0.717, 1.165) is 5.75 Å². The van der Waals surface area contributed by atoms with Crippen molar-refractivity contribution in [1.82, 2.24) is 10.6 Å². The number of fused-ring (bicyclic) bond motifs is 1. The zero-order valence-corrected chi connectivity index (χ0v) is 15.5. The Morgan fingerprint density at radius 2 is 2.00 bits per heavy atom. The van der Waals surface area contributed by atoms with Gasteiger partial charge in [-0.15, -0.1) is 0 Å². The van der Waals surface area contributed by atoms with E-state index in [9.17, 15) is 9.59 Å². The van der Waals surface area contributed by atoms with E-state index >= 15 is 0 Å². The number of carbonyl (C=O) groups is 2. The van der Waals surface area contributed by atoms with Crippen molar-refractivity contribution >= 4 is 23.5 Å². The minimum absolute atomic E-state index is 0.0916. The first-order chi connectivity index (χ1) is 11.9. The van der Waals surface area contributed by atoms with Crippen LogP contribution in [0.4, 0.5) is 0 Å². The molecule has 1 heterocycles. The second-order valence-corrected chi connectivity index (χ2v) is 6.92. The maximum atomic E-state index is 12.5. The largest absolute Gasteiger partial charge is 0.454 e. The van der Waals surface area contributed by atoms with Crippen LogP contribution in [0.3, 0.4) is 0 Å². The summed E-state index contributed by atoms with van der Waals surface area (Å²) in [6.45, 7) is 3.70. The molecule has 0 saturated carbocycles. The van der Waals surface area contributed by atoms with E-state index in [1.54, 1.807) is 43.8 Å². The molecule has 0 fully saturated rings. The number of thioether (sulfide) groups is 1. The highest BCUT2D eigenvalue weighted by Gasteiger charge is 2.22. The molecule has 1 aliphatic rings. The summed E-state index contributed by atoms with van der Waals surface area (Å²) in [4.78, 5) is 24.5. The molecule has 3 atom stereocenters. The van der Waals surface area contributed by atoms with Gasteiger partial charge >= 0.3 is 0 Å². The highest BCUT2D eigenvalue weighted by molar-refractivity contribution is 7.98. The van der Waals surface area contributed by atoms with E-state index in [4.69, 9.17) is 15.2 Å². The number of Topliss-reactive ketones (excluding diaryl/α,β-unsaturated/α-hetero) is 1. The molecule has 0 aromatic heterocycles. The normalized spacial score (nSPS) is 16.2. The molecule has 0 saturated heterocycles. The van der Waals surface area contributed by atoms with Crippen molar-refractivity contribution in [2.75, 3.05) is 18.8 Å². The maximum Gasteiger partial charge on any atom is 0.238 e. The number of hydrogen-bond donors (Lipinski definition) is 3. The summed E-state index contributed by atoms with van der Waals surface area (Å²) in [5.41, 5.74) is 6.37. The van der Waals surface area contributed by atoms with Crippen molar-refractivity contribution in [2.24, 2.45) is 5.73 Å². The van der Waals surface area contributed by atoms with Gasteiger partial charge in [-0.05, 0) is 50.5 Å². The van der Waals surface area contributed by atoms with Crippen LogP contribution in [0.2, 0.25) is 0 Å². The van der Waals surface area contributed by atoms with Crippen LogP contribution in [0.15, 0.2) is 18.2 Å². The van der Waals surface area contributed by atoms with Gasteiger partial charge in [0.25, 0.3) is 0 Å². The lowest BCUT2D eigenvalue weighted by molar-refractivity contribution is -0.123. The van der Waals surface area contributed by atoms with Crippen molar-refractivity contribution in [3.63, 3.8) is 0 Å². The van der Waals surface area contributed by atoms with Crippen LogP contribution in [0.25, 0.3) is 0 Å². The lowest BCUT2D eigenvalue weighted by atomic mass is 10.0. The smallest absolute Gasteiger partial charge is 0.238 e. The van der Waals surface area contributed by atoms with Crippen molar-refractivity contribution in [1.29, 1.82) is 0 Å². The fourth-order valence-corrected chi connectivity index (χ4v) is 2.98. The molecule has 1 amide bonds. The molecule has 3 unspecified atom stereocenters. The van der Waals surface area contributed by atoms with Gasteiger partial charge < -0.3 is 20.5 Å². The van der Waals surface area contributed by atoms with Crippen molar-refractivity contribution in [3.8, 4) is 11.5 Å². The summed E-state index contributed by atoms with van der Waals surface area (Å²) in [6.07, 6.45) is 2.21. The van der Waals surface area contributed by atoms with E-state index in [1.165, 1.54) is 0 Å². The molecule has 0 radical (unpaired) electrons. The molecule has 0 spiro atoms. The van der Waals surface area contributed by atoms with Crippen molar-refractivity contribution in [3.05, 3.63) is 23.8 Å². The number of nitrogens with two attached hydrogens (primary N) is 1. The van der Waals surface area contributed by atoms with Gasteiger partial charge in [-0.2, -0.15) is 11.8 Å². The molecule has 138 valence electrons. The van der Waals surface area contributed by atoms with Gasteiger partial charge in [-0.25, -0.2) is 0 Å². The zero-order chi connectivity index (χ0) is 18.4. The fourth-order valence-electron chi connectivity index (χ4n) is 2.49. The van der Waals surface area contributed by atoms with Crippen molar-refractivity contribution < 1.29 is 19.1 Å². The summed E-state index contributed by atoms with van der Waals surface area (Å²) in [5.74, 6) is 1.72. The van der Waals surface area contributed by atoms with Gasteiger partial charge in [-0.3, -0.25) is 14.9 Å². The third-order valence-corrected chi connectivity index (χ3v) is 4.52. The van der Waals surface area contributed by atoms with E-state index < -0.39 is 12.1 Å². The van der Waals surface area contributed by atoms with Gasteiger partial charge in [0.05, 0.1) is 18.2 Å². The van der Waals surface area contributed by atoms with E-state index in [-0.39, 0.29) is 24.6 Å². The van der Waals surface area contributed by atoms with E-state index in [2.05, 4.69) is 10.6 Å². The quantitative estimate of drug-likeness (QED) is 0.444. The predicted octanol–water partition coefficient (Wildman–Crippen LogP) is 1.12. The average Bonchev–Trinajstić information content (AvgIpc) is 3.06. The van der Waals surface area contributed by atoms with E-state index in [0.29, 0.717) is 23.5 Å². The Bertz CT molecular complexity index is 626. The second-order valence-electron chi connectivity index (χ2n) is 5.94. The Morgan fingerprint density at radius 1 is 1.28 bits per heavy atom. The van der Waals surface area contributed by atoms with Gasteiger partial charge in [0.1, 0.15) is 0 Å². The number of nitrogens with one attached hydrogen (secondary N) is 2. The zero-order valence-electron chi connectivity index (χ0n) is 14.7. The standard InChI is InChI=1S/C17H25N3O4S/c1-10(19-11(2)20-17(22)13(18)6-7-25-3)16(21)12-4-5-14-15(8-12)24-9-23-14/h4-5,8,10-11,13,19H,6-7,9,18H2,1-3H3,(H,20,22). The Balaban J connectivity index is 1.86. The third-order valence-electron chi connectivity index (χ3n) is 3.88. The van der Waals surface area contributed by atoms with Crippen LogP contribution in [0.1, 0.15) is 30.6 Å². The van der Waals surface area contributed by atoms with Gasteiger partial charge in [0.2, 0.25) is 12.7 Å². The van der Waals surface area contributed by atoms with Crippen LogP contribution in [0, 0.1) is 0 Å². The molecule has 25 heavy (non-hydrogen) atoms. The Labute approximate surface area is 152 Å². The SMILES string of the molecule is CSCCC(N)C(=O)NC(C)NC(C)C(=O)c1ccc2c(c1)OCO2. The Morgan fingerprint density at radius 3 is 2.72 bits per heavy atom. The van der Waals surface area contributed by atoms with Gasteiger partial charge in [0, 0.05) is 5.56 Å². The summed E-state index contributed by atoms with van der Waals surface area (Å²) in [5, 5.41) is 5.86. The summed E-state index contributed by atoms with van der Waals surface area (Å²) >= 11 is 1.65. The lowest BCUT2D eigenvalue weighted by Gasteiger charge is -2.22. The highest BCUT2D eigenvalue weighted by Crippen LogP contribution is 2.32. The first kappa shape index (κ1) is 19.6. The van der Waals surface area contributed by atoms with Crippen LogP contribution < -0.4 is 25.8 Å². The molecule has 1 aromatic carbocycles. The maximum absolute atomic E-state index is 12.5. The molecular weight excluding hydrogens is 342 g/mol. The number of ether oxygens (including phenoxy) is 2. The Hall–Kier alpha value is -1.77. The van der Waals surface area contributed by atoms with Crippen LogP contribution >= 0.6 is 11.8 Å². The molecule has 0 aliphatic carbocycles. The number of benzene rings is 1. The average molecular weight is 367 g/mol. The molecule has 8 heteroatoms. The van der Waals surface area contributed by atoms with E-state index in [1.807, 2.05) is 6.26 Å². The fraction of sp³-hybridized carbons (Fsp3) is 0.529. The molecule has 4 N–H and O–H groups in total. The molecule has 1 aromatic rings. The van der Waals surface area contributed by atoms with Gasteiger partial charge in [0.15, 0.2) is 17.3 Å². The molecule has 2 rings (SSSR count). The first-order valence-corrected chi connectivity index (χ1v) is 9.56. The summed E-state index contributed by atoms with van der Waals surface area (Å²) in [7, 11) is 0. The first-order valence-electron chi connectivity index (χ1n) is 8.17. The topological polar surface area (TPSA) is 103 Å². The monoisotopic (exact) mass is 367 g/mol. The molecular formula is C17H25N3O4S. The molecule has 0 bridgehead atoms. The molecule has 7 nitrogen and oxygen atoms in total. The summed E-state index contributed by atoms with van der Waals surface area (Å²) in [6, 6.07) is 4.08. The number of carbonyl (C=O) groups excluding carboxylic acids is 2. The number of amides is 1.